The molecule has 9 heteroatoms. The molecule has 0 amide bonds. The highest BCUT2D eigenvalue weighted by molar-refractivity contribution is 6.35. The van der Waals surface area contributed by atoms with Gasteiger partial charge in [0.25, 0.3) is 0 Å². The van der Waals surface area contributed by atoms with Crippen molar-refractivity contribution in [3.05, 3.63) is 52.3 Å². The summed E-state index contributed by atoms with van der Waals surface area (Å²) in [4.78, 5) is 14.4. The molecule has 3 aromatic rings. The number of nitrogens with zero attached hydrogens (tertiary/aromatic N) is 6. The van der Waals surface area contributed by atoms with E-state index in [1.807, 2.05) is 19.2 Å². The molecule has 2 aromatic heterocycles. The van der Waals surface area contributed by atoms with E-state index in [4.69, 9.17) is 33.3 Å². The highest BCUT2D eigenvalue weighted by atomic mass is 35.5. The van der Waals surface area contributed by atoms with Crippen molar-refractivity contribution in [1.29, 1.82) is 0 Å². The summed E-state index contributed by atoms with van der Waals surface area (Å²) in [7, 11) is 0. The molecule has 2 saturated heterocycles. The third kappa shape index (κ3) is 4.54. The third-order valence-corrected chi connectivity index (χ3v) is 7.66. The summed E-state index contributed by atoms with van der Waals surface area (Å²) in [6.45, 7) is 11.7. The largest absolute Gasteiger partial charge is 0.396 e. The molecule has 0 unspecified atom stereocenters. The van der Waals surface area contributed by atoms with Crippen molar-refractivity contribution in [2.24, 2.45) is 11.8 Å². The van der Waals surface area contributed by atoms with Crippen molar-refractivity contribution >= 4 is 45.9 Å². The maximum absolute atomic E-state index is 9.14. The summed E-state index contributed by atoms with van der Waals surface area (Å²) in [5, 5.41) is 14.9. The minimum absolute atomic E-state index is 0.270. The predicted octanol–water partition coefficient (Wildman–Crippen LogP) is 4.49. The molecule has 34 heavy (non-hydrogen) atoms. The van der Waals surface area contributed by atoms with Gasteiger partial charge in [-0.25, -0.2) is 14.6 Å². The fraction of sp³-hybridized carbons (Fsp3) is 0.480. The van der Waals surface area contributed by atoms with E-state index < -0.39 is 0 Å². The molecule has 1 aromatic carbocycles. The third-order valence-electron chi connectivity index (χ3n) is 7.11. The molecule has 7 nitrogen and oxygen atoms in total. The van der Waals surface area contributed by atoms with Crippen LogP contribution in [-0.4, -0.2) is 69.1 Å². The van der Waals surface area contributed by atoms with Crippen molar-refractivity contribution in [2.75, 3.05) is 44.2 Å². The number of hydrogen-bond donors (Lipinski definition) is 1. The van der Waals surface area contributed by atoms with E-state index in [1.165, 1.54) is 12.8 Å². The fourth-order valence-corrected chi connectivity index (χ4v) is 5.69. The zero-order valence-corrected chi connectivity index (χ0v) is 20.9. The summed E-state index contributed by atoms with van der Waals surface area (Å²) >= 11 is 12.5. The van der Waals surface area contributed by atoms with Gasteiger partial charge in [-0.2, -0.15) is 5.10 Å². The number of benzene rings is 1. The monoisotopic (exact) mass is 500 g/mol. The van der Waals surface area contributed by atoms with Crippen molar-refractivity contribution in [2.45, 2.75) is 26.2 Å². The van der Waals surface area contributed by atoms with Gasteiger partial charge in [-0.05, 0) is 62.8 Å². The van der Waals surface area contributed by atoms with Gasteiger partial charge in [0.1, 0.15) is 11.3 Å². The first-order valence-corrected chi connectivity index (χ1v) is 12.7. The first-order valence-electron chi connectivity index (χ1n) is 11.9. The van der Waals surface area contributed by atoms with Gasteiger partial charge in [0.15, 0.2) is 5.65 Å². The molecule has 0 radical (unpaired) electrons. The average molecular weight is 501 g/mol. The van der Waals surface area contributed by atoms with E-state index in [1.54, 1.807) is 16.8 Å². The summed E-state index contributed by atoms with van der Waals surface area (Å²) in [6, 6.07) is 5.34. The first-order chi connectivity index (χ1) is 16.4. The van der Waals surface area contributed by atoms with Gasteiger partial charge in [-0.3, -0.25) is 0 Å². The van der Waals surface area contributed by atoms with Gasteiger partial charge < -0.3 is 14.9 Å². The van der Waals surface area contributed by atoms with Gasteiger partial charge in [-0.1, -0.05) is 29.8 Å². The van der Waals surface area contributed by atoms with Crippen molar-refractivity contribution in [3.63, 3.8) is 0 Å². The van der Waals surface area contributed by atoms with Crippen LogP contribution in [0, 0.1) is 18.8 Å². The first kappa shape index (κ1) is 23.5. The molecule has 4 heterocycles. The van der Waals surface area contributed by atoms with E-state index in [2.05, 4.69) is 26.5 Å². The lowest BCUT2D eigenvalue weighted by Gasteiger charge is -2.47. The number of anilines is 1. The van der Waals surface area contributed by atoms with Crippen molar-refractivity contribution < 1.29 is 5.11 Å². The molecule has 180 valence electrons. The Morgan fingerprint density at radius 1 is 1.21 bits per heavy atom. The molecular weight excluding hydrogens is 471 g/mol. The molecular formula is C25H30Cl2N6O. The van der Waals surface area contributed by atoms with Gasteiger partial charge >= 0.3 is 0 Å². The van der Waals surface area contributed by atoms with E-state index in [0.717, 1.165) is 61.7 Å². The molecule has 1 atom stereocenters. The number of rotatable bonds is 7. The van der Waals surface area contributed by atoms with Crippen molar-refractivity contribution in [3.8, 4) is 0 Å². The summed E-state index contributed by atoms with van der Waals surface area (Å²) in [6.07, 6.45) is 5.24. The minimum atomic E-state index is 0.270. The Balaban J connectivity index is 1.33. The van der Waals surface area contributed by atoms with Crippen LogP contribution in [-0.2, 0) is 0 Å². The van der Waals surface area contributed by atoms with Crippen LogP contribution in [0.25, 0.3) is 16.9 Å². The molecule has 0 spiro atoms. The van der Waals surface area contributed by atoms with Crippen molar-refractivity contribution in [1.82, 2.24) is 24.6 Å². The minimum Gasteiger partial charge on any atom is -0.396 e. The Morgan fingerprint density at radius 2 is 2.03 bits per heavy atom. The van der Waals surface area contributed by atoms with Gasteiger partial charge in [0, 0.05) is 43.4 Å². The molecule has 2 aliphatic rings. The maximum Gasteiger partial charge on any atom is 0.183 e. The molecule has 1 N–H and O–H groups in total. The lowest BCUT2D eigenvalue weighted by molar-refractivity contribution is 0.112. The Hall–Kier alpha value is -2.19. The normalized spacial score (nSPS) is 19.5. The zero-order chi connectivity index (χ0) is 23.8. The Morgan fingerprint density at radius 3 is 2.79 bits per heavy atom. The number of aliphatic hydroxyl groups is 1. The maximum atomic E-state index is 9.14. The predicted molar refractivity (Wildman–Crippen MR) is 138 cm³/mol. The summed E-state index contributed by atoms with van der Waals surface area (Å²) in [5.74, 6) is 2.25. The topological polar surface area (TPSA) is 70.3 Å². The second-order valence-electron chi connectivity index (χ2n) is 9.41. The Labute approximate surface area is 210 Å². The van der Waals surface area contributed by atoms with Gasteiger partial charge in [0.05, 0.1) is 22.6 Å². The molecule has 5 rings (SSSR count). The van der Waals surface area contributed by atoms with E-state index in [9.17, 15) is 0 Å². The number of fused-ring (bicyclic) bond motifs is 1. The summed E-state index contributed by atoms with van der Waals surface area (Å²) in [5.41, 5.74) is 3.64. The standard InChI is InChI=1S/C25H30Cl2N6O/c1-16-24-25(33(30-16)17(2)21-7-6-20(26)11-22(21)27)29-23(12-28-24)32-14-19(15-32)18-5-3-8-31(13-18)9-4-10-34/h6-7,11-12,18-19,34H,2-5,8-10,13-15H2,1H3/t18-/m1/s1. The number of aryl methyl sites for hydroxylation is 1. The molecule has 2 aliphatic heterocycles. The van der Waals surface area contributed by atoms with Crippen LogP contribution in [0.2, 0.25) is 10.0 Å². The van der Waals surface area contributed by atoms with Crippen LogP contribution in [0.4, 0.5) is 5.82 Å². The van der Waals surface area contributed by atoms with Crippen LogP contribution in [0.3, 0.4) is 0 Å². The smallest absolute Gasteiger partial charge is 0.183 e. The van der Waals surface area contributed by atoms with Crippen LogP contribution < -0.4 is 4.90 Å². The van der Waals surface area contributed by atoms with E-state index in [-0.39, 0.29) is 6.61 Å². The highest BCUT2D eigenvalue weighted by Gasteiger charge is 2.36. The lowest BCUT2D eigenvalue weighted by Crippen LogP contribution is -2.54. The number of halogens is 2. The lowest BCUT2D eigenvalue weighted by atomic mass is 9.80. The number of hydrogen-bond acceptors (Lipinski definition) is 6. The molecule has 0 saturated carbocycles. The van der Waals surface area contributed by atoms with E-state index >= 15 is 0 Å². The number of aliphatic hydroxyl groups excluding tert-OH is 1. The van der Waals surface area contributed by atoms with Gasteiger partial charge in [-0.15, -0.1) is 0 Å². The summed E-state index contributed by atoms with van der Waals surface area (Å²) < 4.78 is 1.73. The van der Waals surface area contributed by atoms with Crippen LogP contribution >= 0.6 is 23.2 Å². The number of aromatic nitrogens is 4. The SMILES string of the molecule is C=C(c1ccc(Cl)cc1Cl)n1nc(C)c2ncc(N3CC([C@@H]4CCCN(CCCO)C4)C3)nc21. The Kier molecular flexibility index (Phi) is 6.80. The second kappa shape index (κ2) is 9.82. The molecule has 0 aliphatic carbocycles. The Bertz CT molecular complexity index is 1210. The highest BCUT2D eigenvalue weighted by Crippen LogP contribution is 2.34. The zero-order valence-electron chi connectivity index (χ0n) is 19.4. The number of piperidine rings is 1. The van der Waals surface area contributed by atoms with Crippen LogP contribution in [0.1, 0.15) is 30.5 Å². The second-order valence-corrected chi connectivity index (χ2v) is 10.3. The average Bonchev–Trinajstić information content (AvgIpc) is 3.12. The van der Waals surface area contributed by atoms with Gasteiger partial charge in [0.2, 0.25) is 0 Å². The van der Waals surface area contributed by atoms with Crippen LogP contribution in [0.15, 0.2) is 31.0 Å². The fourth-order valence-electron chi connectivity index (χ4n) is 5.17. The molecule has 2 fully saturated rings. The van der Waals surface area contributed by atoms with E-state index in [0.29, 0.717) is 33.2 Å². The quantitative estimate of drug-likeness (QED) is 0.515. The molecule has 0 bridgehead atoms. The van der Waals surface area contributed by atoms with Crippen LogP contribution in [0.5, 0.6) is 0 Å². The number of likely N-dealkylation sites (tertiary alicyclic amines) is 1.